The highest BCUT2D eigenvalue weighted by molar-refractivity contribution is 7.13. The van der Waals surface area contributed by atoms with Crippen LogP contribution in [0.1, 0.15) is 12.6 Å². The first-order valence-corrected chi connectivity index (χ1v) is 8.71. The van der Waals surface area contributed by atoms with E-state index in [0.29, 0.717) is 6.04 Å². The second kappa shape index (κ2) is 10.2. The van der Waals surface area contributed by atoms with Gasteiger partial charge in [0.25, 0.3) is 0 Å². The van der Waals surface area contributed by atoms with Crippen molar-refractivity contribution in [1.29, 1.82) is 0 Å². The molecule has 0 spiro atoms. The molecule has 0 unspecified atom stereocenters. The van der Waals surface area contributed by atoms with Crippen LogP contribution in [-0.4, -0.2) is 49.8 Å². The van der Waals surface area contributed by atoms with Gasteiger partial charge in [-0.05, 0) is 19.1 Å². The van der Waals surface area contributed by atoms with Crippen LogP contribution < -0.4 is 14.8 Å². The standard InChI is InChI=1S/C17H23N3O2S.2ClH/c1-12-9-18-7-8-20(12)10-13-11-23-17(19-13)14-5-4-6-15(21-2)16(14)22-3;;/h4-6,11-12,18H,7-10H2,1-3H3;2*1H/t12-;;/m1../s1. The van der Waals surface area contributed by atoms with E-state index in [0.717, 1.165) is 53.9 Å². The Balaban J connectivity index is 0.00000156. The first-order valence-electron chi connectivity index (χ1n) is 7.83. The molecule has 25 heavy (non-hydrogen) atoms. The number of thiazole rings is 1. The number of nitrogens with zero attached hydrogens (tertiary/aromatic N) is 2. The summed E-state index contributed by atoms with van der Waals surface area (Å²) < 4.78 is 10.9. The lowest BCUT2D eigenvalue weighted by Crippen LogP contribution is -2.49. The fraction of sp³-hybridized carbons (Fsp3) is 0.471. The lowest BCUT2D eigenvalue weighted by Gasteiger charge is -2.33. The zero-order valence-corrected chi connectivity index (χ0v) is 17.1. The number of rotatable bonds is 5. The third-order valence-electron chi connectivity index (χ3n) is 4.19. The van der Waals surface area contributed by atoms with E-state index in [1.54, 1.807) is 25.6 Å². The Labute approximate surface area is 165 Å². The number of para-hydroxylation sites is 1. The van der Waals surface area contributed by atoms with Gasteiger partial charge in [0.15, 0.2) is 11.5 Å². The number of hydrogen-bond donors (Lipinski definition) is 1. The average Bonchev–Trinajstić information content (AvgIpc) is 3.04. The molecule has 0 radical (unpaired) electrons. The van der Waals surface area contributed by atoms with Crippen molar-refractivity contribution in [3.8, 4) is 22.1 Å². The third-order valence-corrected chi connectivity index (χ3v) is 5.11. The Hall–Kier alpha value is -1.05. The maximum atomic E-state index is 5.52. The smallest absolute Gasteiger partial charge is 0.170 e. The largest absolute Gasteiger partial charge is 0.493 e. The summed E-state index contributed by atoms with van der Waals surface area (Å²) >= 11 is 1.65. The predicted octanol–water partition coefficient (Wildman–Crippen LogP) is 3.46. The second-order valence-corrected chi connectivity index (χ2v) is 6.57. The van der Waals surface area contributed by atoms with Gasteiger partial charge in [-0.3, -0.25) is 4.90 Å². The summed E-state index contributed by atoms with van der Waals surface area (Å²) in [6.45, 7) is 6.30. The van der Waals surface area contributed by atoms with Crippen molar-refractivity contribution in [2.75, 3.05) is 33.9 Å². The number of ether oxygens (including phenoxy) is 2. The molecule has 1 aliphatic rings. The molecule has 1 atom stereocenters. The van der Waals surface area contributed by atoms with Crippen LogP contribution in [0.25, 0.3) is 10.6 Å². The molecule has 1 aliphatic heterocycles. The summed E-state index contributed by atoms with van der Waals surface area (Å²) in [5, 5.41) is 6.53. The van der Waals surface area contributed by atoms with Gasteiger partial charge < -0.3 is 14.8 Å². The van der Waals surface area contributed by atoms with Gasteiger partial charge in [0, 0.05) is 37.6 Å². The van der Waals surface area contributed by atoms with Crippen molar-refractivity contribution in [3.05, 3.63) is 29.3 Å². The molecule has 0 aliphatic carbocycles. The van der Waals surface area contributed by atoms with Crippen LogP contribution in [0.3, 0.4) is 0 Å². The van der Waals surface area contributed by atoms with Crippen molar-refractivity contribution in [1.82, 2.24) is 15.2 Å². The molecule has 2 heterocycles. The highest BCUT2D eigenvalue weighted by Gasteiger charge is 2.20. The van der Waals surface area contributed by atoms with Gasteiger partial charge in [0.2, 0.25) is 0 Å². The van der Waals surface area contributed by atoms with Crippen molar-refractivity contribution >= 4 is 36.2 Å². The molecule has 0 saturated carbocycles. The second-order valence-electron chi connectivity index (χ2n) is 5.71. The first kappa shape index (κ1) is 22.0. The number of halogens is 2. The zero-order chi connectivity index (χ0) is 16.2. The molecule has 3 rings (SSSR count). The fourth-order valence-corrected chi connectivity index (χ4v) is 3.72. The Morgan fingerprint density at radius 1 is 1.28 bits per heavy atom. The van der Waals surface area contributed by atoms with Crippen molar-refractivity contribution in [2.45, 2.75) is 19.5 Å². The molecular weight excluding hydrogens is 381 g/mol. The van der Waals surface area contributed by atoms with E-state index in [2.05, 4.69) is 22.5 Å². The molecule has 1 aromatic carbocycles. The van der Waals surface area contributed by atoms with Crippen LogP contribution in [0.4, 0.5) is 0 Å². The minimum absolute atomic E-state index is 0. The van der Waals surface area contributed by atoms with E-state index in [4.69, 9.17) is 14.5 Å². The Bertz CT molecular complexity index is 669. The van der Waals surface area contributed by atoms with Gasteiger partial charge >= 0.3 is 0 Å². The highest BCUT2D eigenvalue weighted by atomic mass is 35.5. The molecule has 140 valence electrons. The van der Waals surface area contributed by atoms with Crippen molar-refractivity contribution in [3.63, 3.8) is 0 Å². The van der Waals surface area contributed by atoms with E-state index in [-0.39, 0.29) is 24.8 Å². The molecule has 0 bridgehead atoms. The van der Waals surface area contributed by atoms with E-state index in [1.165, 1.54) is 0 Å². The van der Waals surface area contributed by atoms with E-state index in [1.807, 2.05) is 18.2 Å². The number of nitrogens with one attached hydrogen (secondary N) is 1. The fourth-order valence-electron chi connectivity index (χ4n) is 2.88. The number of methoxy groups -OCH3 is 2. The van der Waals surface area contributed by atoms with E-state index in [9.17, 15) is 0 Å². The lowest BCUT2D eigenvalue weighted by atomic mass is 10.2. The van der Waals surface area contributed by atoms with Crippen LogP contribution in [0.2, 0.25) is 0 Å². The molecular formula is C17H25Cl2N3O2S. The van der Waals surface area contributed by atoms with Crippen LogP contribution >= 0.6 is 36.2 Å². The maximum absolute atomic E-state index is 5.52. The normalized spacial score (nSPS) is 17.3. The van der Waals surface area contributed by atoms with Crippen molar-refractivity contribution < 1.29 is 9.47 Å². The first-order chi connectivity index (χ1) is 11.2. The topological polar surface area (TPSA) is 46.6 Å². The van der Waals surface area contributed by atoms with Gasteiger partial charge in [-0.1, -0.05) is 6.07 Å². The maximum Gasteiger partial charge on any atom is 0.170 e. The quantitative estimate of drug-likeness (QED) is 0.824. The Morgan fingerprint density at radius 3 is 2.76 bits per heavy atom. The zero-order valence-electron chi connectivity index (χ0n) is 14.7. The van der Waals surface area contributed by atoms with Crippen molar-refractivity contribution in [2.24, 2.45) is 0 Å². The van der Waals surface area contributed by atoms with E-state index >= 15 is 0 Å². The molecule has 1 N–H and O–H groups in total. The molecule has 1 aromatic heterocycles. The van der Waals surface area contributed by atoms with Gasteiger partial charge in [0.1, 0.15) is 5.01 Å². The number of aromatic nitrogens is 1. The number of hydrogen-bond acceptors (Lipinski definition) is 6. The summed E-state index contributed by atoms with van der Waals surface area (Å²) in [5.41, 5.74) is 2.10. The molecule has 1 saturated heterocycles. The molecule has 1 fully saturated rings. The molecule has 8 heteroatoms. The molecule has 0 amide bonds. The third kappa shape index (κ3) is 4.99. The van der Waals surface area contributed by atoms with Crippen LogP contribution in [0.5, 0.6) is 11.5 Å². The van der Waals surface area contributed by atoms with Crippen LogP contribution in [-0.2, 0) is 6.54 Å². The average molecular weight is 406 g/mol. The number of benzene rings is 1. The predicted molar refractivity (Wildman–Crippen MR) is 108 cm³/mol. The molecule has 5 nitrogen and oxygen atoms in total. The van der Waals surface area contributed by atoms with Gasteiger partial charge in [-0.25, -0.2) is 4.98 Å². The summed E-state index contributed by atoms with van der Waals surface area (Å²) in [4.78, 5) is 7.28. The molecule has 2 aromatic rings. The Kier molecular flexibility index (Phi) is 8.96. The minimum Gasteiger partial charge on any atom is -0.493 e. The van der Waals surface area contributed by atoms with E-state index < -0.39 is 0 Å². The summed E-state index contributed by atoms with van der Waals surface area (Å²) in [5.74, 6) is 1.48. The minimum atomic E-state index is 0. The Morgan fingerprint density at radius 2 is 2.08 bits per heavy atom. The highest BCUT2D eigenvalue weighted by Crippen LogP contribution is 2.39. The lowest BCUT2D eigenvalue weighted by molar-refractivity contribution is 0.164. The summed E-state index contributed by atoms with van der Waals surface area (Å²) in [6, 6.07) is 6.44. The van der Waals surface area contributed by atoms with Gasteiger partial charge in [-0.15, -0.1) is 36.2 Å². The SMILES string of the molecule is COc1cccc(-c2nc(CN3CCNC[C@H]3C)cs2)c1OC.Cl.Cl. The summed E-state index contributed by atoms with van der Waals surface area (Å²) in [6.07, 6.45) is 0. The summed E-state index contributed by atoms with van der Waals surface area (Å²) in [7, 11) is 3.32. The van der Waals surface area contributed by atoms with Gasteiger partial charge in [0.05, 0.1) is 25.5 Å². The van der Waals surface area contributed by atoms with Crippen LogP contribution in [0, 0.1) is 0 Å². The van der Waals surface area contributed by atoms with Gasteiger partial charge in [-0.2, -0.15) is 0 Å². The number of piperazine rings is 1. The van der Waals surface area contributed by atoms with Crippen LogP contribution in [0.15, 0.2) is 23.6 Å². The monoisotopic (exact) mass is 405 g/mol.